The molecule has 0 spiro atoms. The Labute approximate surface area is 159 Å². The molecule has 1 aliphatic rings. The first-order chi connectivity index (χ1) is 12.0. The molecular weight excluding hydrogens is 357 g/mol. The number of carbonyl (C=O) groups excluding carboxylic acids is 1. The Balaban J connectivity index is 0.00000243. The van der Waals surface area contributed by atoms with Gasteiger partial charge in [0.05, 0.1) is 5.69 Å². The third kappa shape index (κ3) is 4.40. The van der Waals surface area contributed by atoms with Crippen molar-refractivity contribution in [3.05, 3.63) is 41.7 Å². The van der Waals surface area contributed by atoms with Crippen LogP contribution in [0.3, 0.4) is 0 Å². The van der Waals surface area contributed by atoms with Gasteiger partial charge in [-0.3, -0.25) is 4.79 Å². The van der Waals surface area contributed by atoms with E-state index in [0.717, 1.165) is 19.5 Å². The van der Waals surface area contributed by atoms with E-state index in [-0.39, 0.29) is 41.9 Å². The second-order valence-corrected chi connectivity index (χ2v) is 6.89. The van der Waals surface area contributed by atoms with Crippen LogP contribution in [-0.4, -0.2) is 39.8 Å². The highest BCUT2D eigenvalue weighted by molar-refractivity contribution is 5.90. The summed E-state index contributed by atoms with van der Waals surface area (Å²) in [6.45, 7) is 7.81. The summed E-state index contributed by atoms with van der Waals surface area (Å²) in [4.78, 5) is 17.0. The standard InChI is InChI=1S/C18H24FN5O.ClH/c1-11(2)17-22-16(18(25)21-15-7-8-20-10-12(15)3)23-24(17)14-6-4-5-13(19)9-14;/h4-6,9,11-12,15,20H,7-8,10H2,1-3H3,(H,21,25);1H. The average molecular weight is 382 g/mol. The summed E-state index contributed by atoms with van der Waals surface area (Å²) >= 11 is 0. The maximum absolute atomic E-state index is 13.6. The van der Waals surface area contributed by atoms with Crippen molar-refractivity contribution in [1.29, 1.82) is 0 Å². The maximum Gasteiger partial charge on any atom is 0.291 e. The summed E-state index contributed by atoms with van der Waals surface area (Å²) in [6.07, 6.45) is 0.883. The molecule has 1 aromatic carbocycles. The van der Waals surface area contributed by atoms with Gasteiger partial charge in [0.2, 0.25) is 5.82 Å². The molecule has 1 amide bonds. The minimum Gasteiger partial charge on any atom is -0.346 e. The lowest BCUT2D eigenvalue weighted by Crippen LogP contribution is -2.48. The van der Waals surface area contributed by atoms with Crippen molar-refractivity contribution in [2.75, 3.05) is 13.1 Å². The molecule has 1 aliphatic heterocycles. The van der Waals surface area contributed by atoms with Crippen LogP contribution in [0.15, 0.2) is 24.3 Å². The third-order valence-electron chi connectivity index (χ3n) is 4.51. The van der Waals surface area contributed by atoms with Crippen LogP contribution in [0, 0.1) is 11.7 Å². The monoisotopic (exact) mass is 381 g/mol. The van der Waals surface area contributed by atoms with E-state index < -0.39 is 0 Å². The number of aromatic nitrogens is 3. The van der Waals surface area contributed by atoms with Crippen LogP contribution in [0.25, 0.3) is 5.69 Å². The van der Waals surface area contributed by atoms with E-state index in [4.69, 9.17) is 0 Å². The second-order valence-electron chi connectivity index (χ2n) is 6.89. The fourth-order valence-corrected chi connectivity index (χ4v) is 3.05. The summed E-state index contributed by atoms with van der Waals surface area (Å²) in [5, 5.41) is 10.7. The Morgan fingerprint density at radius 1 is 1.42 bits per heavy atom. The van der Waals surface area contributed by atoms with Crippen molar-refractivity contribution in [1.82, 2.24) is 25.4 Å². The number of carbonyl (C=O) groups is 1. The van der Waals surface area contributed by atoms with Crippen LogP contribution in [0.1, 0.15) is 49.6 Å². The Bertz CT molecular complexity index is 764. The van der Waals surface area contributed by atoms with Gasteiger partial charge >= 0.3 is 0 Å². The van der Waals surface area contributed by atoms with Gasteiger partial charge in [-0.2, -0.15) is 0 Å². The zero-order valence-corrected chi connectivity index (χ0v) is 16.0. The summed E-state index contributed by atoms with van der Waals surface area (Å²) in [5.74, 6) is 0.531. The Morgan fingerprint density at radius 3 is 2.85 bits per heavy atom. The zero-order chi connectivity index (χ0) is 18.0. The van der Waals surface area contributed by atoms with Gasteiger partial charge in [0.25, 0.3) is 5.91 Å². The normalized spacial score (nSPS) is 19.9. The topological polar surface area (TPSA) is 71.8 Å². The second kappa shape index (κ2) is 8.60. The van der Waals surface area contributed by atoms with Gasteiger partial charge in [-0.05, 0) is 43.6 Å². The Hall–Kier alpha value is -1.99. The summed E-state index contributed by atoms with van der Waals surface area (Å²) in [5.41, 5.74) is 0.561. The number of rotatable bonds is 4. The van der Waals surface area contributed by atoms with Crippen LogP contribution >= 0.6 is 12.4 Å². The number of nitrogens with zero attached hydrogens (tertiary/aromatic N) is 3. The van der Waals surface area contributed by atoms with Gasteiger partial charge < -0.3 is 10.6 Å². The van der Waals surface area contributed by atoms with Crippen molar-refractivity contribution in [3.63, 3.8) is 0 Å². The highest BCUT2D eigenvalue weighted by Gasteiger charge is 2.26. The highest BCUT2D eigenvalue weighted by atomic mass is 35.5. The first-order valence-corrected chi connectivity index (χ1v) is 8.70. The van der Waals surface area contributed by atoms with E-state index >= 15 is 0 Å². The molecule has 0 radical (unpaired) electrons. The quantitative estimate of drug-likeness (QED) is 0.854. The van der Waals surface area contributed by atoms with Gasteiger partial charge in [-0.1, -0.05) is 26.8 Å². The molecule has 1 saturated heterocycles. The van der Waals surface area contributed by atoms with Crippen molar-refractivity contribution >= 4 is 18.3 Å². The number of benzene rings is 1. The average Bonchev–Trinajstić information content (AvgIpc) is 3.03. The van der Waals surface area contributed by atoms with E-state index in [0.29, 0.717) is 17.4 Å². The van der Waals surface area contributed by atoms with E-state index in [1.807, 2.05) is 13.8 Å². The largest absolute Gasteiger partial charge is 0.346 e. The number of piperidine rings is 1. The fourth-order valence-electron chi connectivity index (χ4n) is 3.05. The molecule has 26 heavy (non-hydrogen) atoms. The van der Waals surface area contributed by atoms with Gasteiger partial charge in [-0.15, -0.1) is 17.5 Å². The smallest absolute Gasteiger partial charge is 0.291 e. The molecule has 142 valence electrons. The Kier molecular flexibility index (Phi) is 6.72. The molecule has 0 bridgehead atoms. The molecule has 3 rings (SSSR count). The molecule has 2 unspecified atom stereocenters. The van der Waals surface area contributed by atoms with Crippen molar-refractivity contribution in [2.45, 2.75) is 39.2 Å². The van der Waals surface area contributed by atoms with Crippen molar-refractivity contribution in [3.8, 4) is 5.69 Å². The lowest BCUT2D eigenvalue weighted by Gasteiger charge is -2.29. The van der Waals surface area contributed by atoms with Crippen LogP contribution in [0.2, 0.25) is 0 Å². The molecule has 2 heterocycles. The highest BCUT2D eigenvalue weighted by Crippen LogP contribution is 2.18. The van der Waals surface area contributed by atoms with Gasteiger partial charge in [0, 0.05) is 12.0 Å². The molecular formula is C18H25ClFN5O. The number of hydrogen-bond donors (Lipinski definition) is 2. The van der Waals surface area contributed by atoms with E-state index in [1.54, 1.807) is 16.8 Å². The van der Waals surface area contributed by atoms with E-state index in [9.17, 15) is 9.18 Å². The fraction of sp³-hybridized carbons (Fsp3) is 0.500. The molecule has 0 aliphatic carbocycles. The van der Waals surface area contributed by atoms with Crippen LogP contribution in [0.5, 0.6) is 0 Å². The molecule has 0 saturated carbocycles. The predicted octanol–water partition coefficient (Wildman–Crippen LogP) is 2.68. The summed E-state index contributed by atoms with van der Waals surface area (Å²) < 4.78 is 15.1. The Morgan fingerprint density at radius 2 is 2.19 bits per heavy atom. The first-order valence-electron chi connectivity index (χ1n) is 8.70. The summed E-state index contributed by atoms with van der Waals surface area (Å²) in [6, 6.07) is 6.24. The van der Waals surface area contributed by atoms with Crippen LogP contribution in [0.4, 0.5) is 4.39 Å². The van der Waals surface area contributed by atoms with E-state index in [2.05, 4.69) is 27.6 Å². The number of halogens is 2. The lowest BCUT2D eigenvalue weighted by atomic mass is 9.95. The molecule has 2 N–H and O–H groups in total. The molecule has 1 aromatic heterocycles. The number of nitrogens with one attached hydrogen (secondary N) is 2. The number of amides is 1. The minimum atomic E-state index is -0.350. The van der Waals surface area contributed by atoms with Crippen molar-refractivity contribution < 1.29 is 9.18 Å². The van der Waals surface area contributed by atoms with Crippen LogP contribution < -0.4 is 10.6 Å². The SMILES string of the molecule is CC(C)c1nc(C(=O)NC2CCNCC2C)nn1-c1cccc(F)c1.Cl. The van der Waals surface area contributed by atoms with Gasteiger partial charge in [0.15, 0.2) is 0 Å². The third-order valence-corrected chi connectivity index (χ3v) is 4.51. The summed E-state index contributed by atoms with van der Waals surface area (Å²) in [7, 11) is 0. The van der Waals surface area contributed by atoms with Crippen molar-refractivity contribution in [2.24, 2.45) is 5.92 Å². The van der Waals surface area contributed by atoms with Gasteiger partial charge in [-0.25, -0.2) is 14.1 Å². The minimum absolute atomic E-state index is 0. The lowest BCUT2D eigenvalue weighted by molar-refractivity contribution is 0.0903. The van der Waals surface area contributed by atoms with Crippen LogP contribution in [-0.2, 0) is 0 Å². The molecule has 1 fully saturated rings. The maximum atomic E-state index is 13.6. The molecule has 8 heteroatoms. The first kappa shape index (κ1) is 20.3. The van der Waals surface area contributed by atoms with Gasteiger partial charge in [0.1, 0.15) is 11.6 Å². The predicted molar refractivity (Wildman–Crippen MR) is 101 cm³/mol. The molecule has 2 aromatic rings. The zero-order valence-electron chi connectivity index (χ0n) is 15.2. The van der Waals surface area contributed by atoms with E-state index in [1.165, 1.54) is 12.1 Å². The number of hydrogen-bond acceptors (Lipinski definition) is 4. The molecule has 6 nitrogen and oxygen atoms in total. The molecule has 2 atom stereocenters.